The van der Waals surface area contributed by atoms with Crippen LogP contribution in [0, 0.1) is 0 Å². The van der Waals surface area contributed by atoms with Crippen LogP contribution in [0.15, 0.2) is 0 Å². The summed E-state index contributed by atoms with van der Waals surface area (Å²) >= 11 is 0. The first kappa shape index (κ1) is 21.1. The summed E-state index contributed by atoms with van der Waals surface area (Å²) < 4.78 is 18.7. The predicted octanol–water partition coefficient (Wildman–Crippen LogP) is 2.88. The topological polar surface area (TPSA) is 51.8 Å². The van der Waals surface area contributed by atoms with Crippen molar-refractivity contribution in [1.29, 1.82) is 0 Å². The van der Waals surface area contributed by atoms with E-state index in [9.17, 15) is 0 Å². The summed E-state index contributed by atoms with van der Waals surface area (Å²) in [7, 11) is 0. The third-order valence-corrected chi connectivity index (χ3v) is 6.08. The maximum absolute atomic E-state index is 6.36. The molecule has 2 aliphatic heterocycles. The van der Waals surface area contributed by atoms with Crippen LogP contribution < -0.4 is 10.6 Å². The van der Waals surface area contributed by atoms with Gasteiger partial charge in [-0.2, -0.15) is 0 Å². The van der Waals surface area contributed by atoms with Crippen LogP contribution in [0.5, 0.6) is 0 Å². The molecular formula is C20H40N2O3. The van der Waals surface area contributed by atoms with Crippen molar-refractivity contribution in [3.8, 4) is 0 Å². The maximum atomic E-state index is 6.36. The molecule has 2 saturated heterocycles. The van der Waals surface area contributed by atoms with Crippen LogP contribution in [-0.4, -0.2) is 62.8 Å². The van der Waals surface area contributed by atoms with E-state index in [0.29, 0.717) is 12.2 Å². The van der Waals surface area contributed by atoms with Crippen molar-refractivity contribution >= 4 is 0 Å². The number of morpholine rings is 2. The molecule has 5 heteroatoms. The number of hydrogen-bond acceptors (Lipinski definition) is 5. The number of ether oxygens (including phenoxy) is 3. The van der Waals surface area contributed by atoms with Crippen molar-refractivity contribution in [1.82, 2.24) is 10.6 Å². The molecule has 0 aliphatic carbocycles. The van der Waals surface area contributed by atoms with Gasteiger partial charge in [-0.05, 0) is 25.7 Å². The van der Waals surface area contributed by atoms with Crippen molar-refractivity contribution in [2.45, 2.75) is 89.6 Å². The van der Waals surface area contributed by atoms with Gasteiger partial charge in [-0.15, -0.1) is 0 Å². The Bertz CT molecular complexity index is 348. The monoisotopic (exact) mass is 356 g/mol. The molecule has 4 unspecified atom stereocenters. The van der Waals surface area contributed by atoms with Gasteiger partial charge in [0.15, 0.2) is 0 Å². The van der Waals surface area contributed by atoms with E-state index < -0.39 is 0 Å². The Labute approximate surface area is 154 Å². The normalized spacial score (nSPS) is 36.5. The second kappa shape index (κ2) is 10.2. The zero-order chi connectivity index (χ0) is 18.2. The van der Waals surface area contributed by atoms with Gasteiger partial charge in [-0.25, -0.2) is 0 Å². The van der Waals surface area contributed by atoms with Crippen LogP contribution in [0.4, 0.5) is 0 Å². The molecule has 0 spiro atoms. The Morgan fingerprint density at radius 3 is 1.60 bits per heavy atom. The lowest BCUT2D eigenvalue weighted by atomic mass is 9.93. The zero-order valence-electron chi connectivity index (χ0n) is 16.9. The van der Waals surface area contributed by atoms with E-state index in [4.69, 9.17) is 14.2 Å². The van der Waals surface area contributed by atoms with Crippen LogP contribution in [0.1, 0.15) is 66.2 Å². The molecular weight excluding hydrogens is 316 g/mol. The molecule has 2 aliphatic rings. The van der Waals surface area contributed by atoms with Crippen molar-refractivity contribution in [2.24, 2.45) is 0 Å². The quantitative estimate of drug-likeness (QED) is 0.590. The minimum Gasteiger partial charge on any atom is -0.381 e. The molecule has 0 aromatic heterocycles. The van der Waals surface area contributed by atoms with Gasteiger partial charge in [-0.1, -0.05) is 27.7 Å². The summed E-state index contributed by atoms with van der Waals surface area (Å²) in [6, 6.07) is 0. The smallest absolute Gasteiger partial charge is 0.0829 e. The lowest BCUT2D eigenvalue weighted by molar-refractivity contribution is -0.140. The van der Waals surface area contributed by atoms with Crippen LogP contribution in [0.3, 0.4) is 0 Å². The van der Waals surface area contributed by atoms with Gasteiger partial charge in [0.05, 0.1) is 23.4 Å². The minimum absolute atomic E-state index is 0.0580. The summed E-state index contributed by atoms with van der Waals surface area (Å²) in [6.07, 6.45) is 6.80. The van der Waals surface area contributed by atoms with Gasteiger partial charge >= 0.3 is 0 Å². The summed E-state index contributed by atoms with van der Waals surface area (Å²) in [5.41, 5.74) is -0.116. The van der Waals surface area contributed by atoms with Crippen molar-refractivity contribution in [3.05, 3.63) is 0 Å². The van der Waals surface area contributed by atoms with Gasteiger partial charge in [0.2, 0.25) is 0 Å². The lowest BCUT2D eigenvalue weighted by Gasteiger charge is -2.42. The van der Waals surface area contributed by atoms with E-state index in [0.717, 1.165) is 77.9 Å². The molecule has 25 heavy (non-hydrogen) atoms. The third-order valence-electron chi connectivity index (χ3n) is 6.08. The summed E-state index contributed by atoms with van der Waals surface area (Å²) in [4.78, 5) is 0. The molecule has 0 aromatic carbocycles. The molecule has 148 valence electrons. The fraction of sp³-hybridized carbons (Fsp3) is 1.00. The largest absolute Gasteiger partial charge is 0.381 e. The van der Waals surface area contributed by atoms with Crippen LogP contribution in [-0.2, 0) is 14.2 Å². The zero-order valence-corrected chi connectivity index (χ0v) is 16.9. The molecule has 0 aromatic rings. The summed E-state index contributed by atoms with van der Waals surface area (Å²) in [6.45, 7) is 14.2. The fourth-order valence-corrected chi connectivity index (χ4v) is 3.93. The molecule has 0 saturated carbocycles. The molecule has 2 N–H and O–H groups in total. The molecule has 2 fully saturated rings. The van der Waals surface area contributed by atoms with E-state index in [2.05, 4.69) is 38.3 Å². The third kappa shape index (κ3) is 5.90. The second-order valence-electron chi connectivity index (χ2n) is 7.74. The first-order chi connectivity index (χ1) is 12.1. The molecule has 0 bridgehead atoms. The van der Waals surface area contributed by atoms with E-state index >= 15 is 0 Å². The highest BCUT2D eigenvalue weighted by Gasteiger charge is 2.36. The number of hydrogen-bond donors (Lipinski definition) is 2. The fourth-order valence-electron chi connectivity index (χ4n) is 3.93. The van der Waals surface area contributed by atoms with Crippen LogP contribution >= 0.6 is 0 Å². The number of nitrogens with one attached hydrogen (secondary N) is 2. The highest BCUT2D eigenvalue weighted by atomic mass is 16.5. The van der Waals surface area contributed by atoms with Gasteiger partial charge < -0.3 is 24.8 Å². The van der Waals surface area contributed by atoms with Crippen molar-refractivity contribution in [2.75, 3.05) is 39.4 Å². The lowest BCUT2D eigenvalue weighted by Crippen LogP contribution is -2.54. The minimum atomic E-state index is -0.0580. The highest BCUT2D eigenvalue weighted by Crippen LogP contribution is 2.28. The molecule has 0 amide bonds. The van der Waals surface area contributed by atoms with E-state index in [1.165, 1.54) is 0 Å². The molecule has 0 radical (unpaired) electrons. The maximum Gasteiger partial charge on any atom is 0.0829 e. The average molecular weight is 357 g/mol. The first-order valence-electron chi connectivity index (χ1n) is 10.5. The summed E-state index contributed by atoms with van der Waals surface area (Å²) in [5.74, 6) is 0. The van der Waals surface area contributed by atoms with Gasteiger partial charge in [0.1, 0.15) is 0 Å². The van der Waals surface area contributed by atoms with Crippen LogP contribution in [0.25, 0.3) is 0 Å². The summed E-state index contributed by atoms with van der Waals surface area (Å²) in [5, 5.41) is 7.08. The molecule has 2 rings (SSSR count). The molecule has 2 heterocycles. The van der Waals surface area contributed by atoms with E-state index in [-0.39, 0.29) is 11.2 Å². The van der Waals surface area contributed by atoms with Crippen LogP contribution in [0.2, 0.25) is 0 Å². The Hall–Kier alpha value is -0.200. The Morgan fingerprint density at radius 2 is 1.24 bits per heavy atom. The Balaban J connectivity index is 1.72. The first-order valence-corrected chi connectivity index (χ1v) is 10.5. The van der Waals surface area contributed by atoms with Crippen molar-refractivity contribution < 1.29 is 14.2 Å². The number of rotatable bonds is 10. The van der Waals surface area contributed by atoms with Gasteiger partial charge in [0, 0.05) is 52.2 Å². The van der Waals surface area contributed by atoms with Gasteiger partial charge in [-0.3, -0.25) is 0 Å². The second-order valence-corrected chi connectivity index (χ2v) is 7.74. The van der Waals surface area contributed by atoms with E-state index in [1.807, 2.05) is 0 Å². The average Bonchev–Trinajstić information content (AvgIpc) is 2.68. The Kier molecular flexibility index (Phi) is 8.62. The SMILES string of the molecule is CCC1CNCC(CC)(CCOCCC2(CC)CNCC(CC)O2)O1. The standard InChI is InChI=1S/C20H40N2O3/c1-5-17-13-21-15-19(7-3,24-17)9-11-23-12-10-20(8-4)16-22-14-18(6-2)25-20/h17-18,21-22H,5-16H2,1-4H3. The highest BCUT2D eigenvalue weighted by molar-refractivity contribution is 4.89. The Morgan fingerprint density at radius 1 is 0.800 bits per heavy atom. The molecule has 5 nitrogen and oxygen atoms in total. The van der Waals surface area contributed by atoms with E-state index in [1.54, 1.807) is 0 Å². The van der Waals surface area contributed by atoms with Crippen molar-refractivity contribution in [3.63, 3.8) is 0 Å². The van der Waals surface area contributed by atoms with Gasteiger partial charge in [0.25, 0.3) is 0 Å². The molecule has 4 atom stereocenters. The predicted molar refractivity (Wildman–Crippen MR) is 102 cm³/mol.